The fraction of sp³-hybridized carbons (Fsp3) is 0.429. The van der Waals surface area contributed by atoms with Gasteiger partial charge in [0.15, 0.2) is 11.5 Å². The van der Waals surface area contributed by atoms with Crippen molar-refractivity contribution >= 4 is 5.91 Å². The summed E-state index contributed by atoms with van der Waals surface area (Å²) in [6, 6.07) is 7.91. The standard InChI is InChI=1S/C21H25N3O3/c1-23(9-2-4-16-5-7-22-8-6-16)10-3-11-24-14-17-12-19-20(27-15-26-19)13-18(17)21(24)25/h5-8,12-13H,2-4,9-11,14-15H2,1H3. The Morgan fingerprint density at radius 1 is 1.11 bits per heavy atom. The Kier molecular flexibility index (Phi) is 5.25. The van der Waals surface area contributed by atoms with Crippen molar-refractivity contribution in [1.29, 1.82) is 0 Å². The fourth-order valence-corrected chi connectivity index (χ4v) is 3.69. The third kappa shape index (κ3) is 4.06. The molecule has 0 saturated heterocycles. The summed E-state index contributed by atoms with van der Waals surface area (Å²) in [5.41, 5.74) is 3.12. The van der Waals surface area contributed by atoms with Gasteiger partial charge >= 0.3 is 0 Å². The molecule has 0 spiro atoms. The summed E-state index contributed by atoms with van der Waals surface area (Å²) in [5, 5.41) is 0. The number of fused-ring (bicyclic) bond motifs is 2. The lowest BCUT2D eigenvalue weighted by molar-refractivity contribution is 0.0771. The van der Waals surface area contributed by atoms with E-state index in [2.05, 4.69) is 29.1 Å². The molecule has 1 amide bonds. The maximum atomic E-state index is 12.6. The van der Waals surface area contributed by atoms with Gasteiger partial charge in [0, 0.05) is 31.0 Å². The van der Waals surface area contributed by atoms with Crippen LogP contribution in [0.3, 0.4) is 0 Å². The minimum Gasteiger partial charge on any atom is -0.454 e. The van der Waals surface area contributed by atoms with Gasteiger partial charge in [0.2, 0.25) is 6.79 Å². The average molecular weight is 367 g/mol. The van der Waals surface area contributed by atoms with E-state index in [1.54, 1.807) is 0 Å². The molecular weight excluding hydrogens is 342 g/mol. The lowest BCUT2D eigenvalue weighted by Gasteiger charge is -2.20. The summed E-state index contributed by atoms with van der Waals surface area (Å²) in [6.07, 6.45) is 6.86. The van der Waals surface area contributed by atoms with E-state index in [9.17, 15) is 4.79 Å². The largest absolute Gasteiger partial charge is 0.454 e. The molecule has 1 aromatic heterocycles. The van der Waals surface area contributed by atoms with Crippen LogP contribution in [0.15, 0.2) is 36.7 Å². The number of ether oxygens (including phenoxy) is 2. The van der Waals surface area contributed by atoms with Crippen molar-refractivity contribution < 1.29 is 14.3 Å². The van der Waals surface area contributed by atoms with Gasteiger partial charge in [-0.05, 0) is 74.8 Å². The first-order valence-electron chi connectivity index (χ1n) is 9.50. The molecule has 1 aromatic carbocycles. The molecule has 6 nitrogen and oxygen atoms in total. The molecule has 0 atom stereocenters. The van der Waals surface area contributed by atoms with Crippen LogP contribution in [0.4, 0.5) is 0 Å². The molecule has 2 aromatic rings. The monoisotopic (exact) mass is 367 g/mol. The van der Waals surface area contributed by atoms with Crippen molar-refractivity contribution in [1.82, 2.24) is 14.8 Å². The number of benzene rings is 1. The Bertz CT molecular complexity index is 810. The van der Waals surface area contributed by atoms with Crippen molar-refractivity contribution in [3.05, 3.63) is 53.3 Å². The van der Waals surface area contributed by atoms with E-state index in [0.717, 1.165) is 55.8 Å². The minimum absolute atomic E-state index is 0.101. The predicted octanol–water partition coefficient (Wildman–Crippen LogP) is 2.72. The van der Waals surface area contributed by atoms with Crippen LogP contribution in [0.2, 0.25) is 0 Å². The maximum absolute atomic E-state index is 12.6. The smallest absolute Gasteiger partial charge is 0.254 e. The van der Waals surface area contributed by atoms with Crippen LogP contribution in [0.1, 0.15) is 34.3 Å². The Balaban J connectivity index is 1.20. The molecule has 0 unspecified atom stereocenters. The van der Waals surface area contributed by atoms with Gasteiger partial charge in [0.05, 0.1) is 0 Å². The molecule has 142 valence electrons. The van der Waals surface area contributed by atoms with Crippen LogP contribution in [0, 0.1) is 0 Å². The van der Waals surface area contributed by atoms with Crippen LogP contribution >= 0.6 is 0 Å². The third-order valence-corrected chi connectivity index (χ3v) is 5.20. The molecule has 2 aliphatic rings. The highest BCUT2D eigenvalue weighted by atomic mass is 16.7. The first kappa shape index (κ1) is 17.8. The zero-order chi connectivity index (χ0) is 18.6. The van der Waals surface area contributed by atoms with E-state index in [1.165, 1.54) is 5.56 Å². The van der Waals surface area contributed by atoms with E-state index >= 15 is 0 Å². The summed E-state index contributed by atoms with van der Waals surface area (Å²) in [4.78, 5) is 20.9. The molecule has 0 aliphatic carbocycles. The summed E-state index contributed by atoms with van der Waals surface area (Å²) < 4.78 is 10.8. The zero-order valence-corrected chi connectivity index (χ0v) is 15.7. The first-order chi connectivity index (χ1) is 13.2. The van der Waals surface area contributed by atoms with Crippen LogP contribution in [0.25, 0.3) is 0 Å². The highest BCUT2D eigenvalue weighted by Crippen LogP contribution is 2.37. The van der Waals surface area contributed by atoms with Crippen LogP contribution in [-0.4, -0.2) is 54.2 Å². The van der Waals surface area contributed by atoms with Gasteiger partial charge in [-0.25, -0.2) is 0 Å². The van der Waals surface area contributed by atoms with Gasteiger partial charge in [0.25, 0.3) is 5.91 Å². The Morgan fingerprint density at radius 3 is 2.67 bits per heavy atom. The molecule has 0 radical (unpaired) electrons. The molecule has 0 fully saturated rings. The Labute approximate surface area is 159 Å². The van der Waals surface area contributed by atoms with Crippen LogP contribution in [-0.2, 0) is 13.0 Å². The highest BCUT2D eigenvalue weighted by molar-refractivity contribution is 5.99. The number of nitrogens with zero attached hydrogens (tertiary/aromatic N) is 3. The lowest BCUT2D eigenvalue weighted by atomic mass is 10.1. The zero-order valence-electron chi connectivity index (χ0n) is 15.7. The molecule has 4 rings (SSSR count). The number of carbonyl (C=O) groups is 1. The number of hydrogen-bond acceptors (Lipinski definition) is 5. The minimum atomic E-state index is 0.101. The number of aryl methyl sites for hydroxylation is 1. The Hall–Kier alpha value is -2.60. The predicted molar refractivity (Wildman–Crippen MR) is 102 cm³/mol. The SMILES string of the molecule is CN(CCCc1ccncc1)CCCN1Cc2cc3c(cc2C1=O)OCO3. The van der Waals surface area contributed by atoms with E-state index in [0.29, 0.717) is 12.3 Å². The van der Waals surface area contributed by atoms with Gasteiger partial charge < -0.3 is 19.3 Å². The number of carbonyl (C=O) groups excluding carboxylic acids is 1. The number of hydrogen-bond donors (Lipinski definition) is 0. The fourth-order valence-electron chi connectivity index (χ4n) is 3.69. The molecule has 6 heteroatoms. The summed E-state index contributed by atoms with van der Waals surface area (Å²) in [5.74, 6) is 1.53. The van der Waals surface area contributed by atoms with Gasteiger partial charge in [-0.3, -0.25) is 9.78 Å². The van der Waals surface area contributed by atoms with Crippen LogP contribution in [0.5, 0.6) is 11.5 Å². The molecule has 27 heavy (non-hydrogen) atoms. The van der Waals surface area contributed by atoms with Crippen molar-refractivity contribution in [2.24, 2.45) is 0 Å². The second kappa shape index (κ2) is 7.96. The van der Waals surface area contributed by atoms with Gasteiger partial charge in [0.1, 0.15) is 0 Å². The average Bonchev–Trinajstić information content (AvgIpc) is 3.25. The molecular formula is C21H25N3O3. The Morgan fingerprint density at radius 2 is 1.85 bits per heavy atom. The number of aromatic nitrogens is 1. The maximum Gasteiger partial charge on any atom is 0.254 e. The summed E-state index contributed by atoms with van der Waals surface area (Å²) >= 11 is 0. The second-order valence-electron chi connectivity index (χ2n) is 7.21. The van der Waals surface area contributed by atoms with E-state index in [-0.39, 0.29) is 12.7 Å². The summed E-state index contributed by atoms with van der Waals surface area (Å²) in [6.45, 7) is 3.71. The molecule has 0 N–H and O–H groups in total. The summed E-state index contributed by atoms with van der Waals surface area (Å²) in [7, 11) is 2.15. The molecule has 3 heterocycles. The molecule has 2 aliphatic heterocycles. The van der Waals surface area contributed by atoms with Gasteiger partial charge in [-0.2, -0.15) is 0 Å². The van der Waals surface area contributed by atoms with E-state index in [1.807, 2.05) is 29.4 Å². The molecule has 0 bridgehead atoms. The van der Waals surface area contributed by atoms with Gasteiger partial charge in [-0.1, -0.05) is 0 Å². The van der Waals surface area contributed by atoms with Crippen molar-refractivity contribution in [2.45, 2.75) is 25.8 Å². The quantitative estimate of drug-likeness (QED) is 0.718. The lowest BCUT2D eigenvalue weighted by Crippen LogP contribution is -2.29. The van der Waals surface area contributed by atoms with Crippen molar-refractivity contribution in [3.8, 4) is 11.5 Å². The highest BCUT2D eigenvalue weighted by Gasteiger charge is 2.30. The van der Waals surface area contributed by atoms with Crippen LogP contribution < -0.4 is 9.47 Å². The first-order valence-corrected chi connectivity index (χ1v) is 9.50. The number of amides is 1. The van der Waals surface area contributed by atoms with Crippen molar-refractivity contribution in [2.75, 3.05) is 33.5 Å². The number of rotatable bonds is 8. The number of pyridine rings is 1. The second-order valence-corrected chi connectivity index (χ2v) is 7.21. The normalized spacial score (nSPS) is 14.9. The van der Waals surface area contributed by atoms with E-state index < -0.39 is 0 Å². The third-order valence-electron chi connectivity index (χ3n) is 5.20. The topological polar surface area (TPSA) is 54.9 Å². The molecule has 0 saturated carbocycles. The van der Waals surface area contributed by atoms with E-state index in [4.69, 9.17) is 9.47 Å². The van der Waals surface area contributed by atoms with Gasteiger partial charge in [-0.15, -0.1) is 0 Å². The van der Waals surface area contributed by atoms with Crippen molar-refractivity contribution in [3.63, 3.8) is 0 Å².